The molecule has 1 atom stereocenters. The monoisotopic (exact) mass is 421 g/mol. The van der Waals surface area contributed by atoms with E-state index in [1.54, 1.807) is 30.4 Å². The molecule has 0 spiro atoms. The molecule has 1 unspecified atom stereocenters. The maximum atomic E-state index is 13.7. The van der Waals surface area contributed by atoms with E-state index in [9.17, 15) is 18.3 Å². The van der Waals surface area contributed by atoms with Crippen LogP contribution in [0.2, 0.25) is 0 Å². The van der Waals surface area contributed by atoms with Crippen molar-refractivity contribution < 1.29 is 18.3 Å². The number of benzene rings is 2. The quantitative estimate of drug-likeness (QED) is 0.600. The Balaban J connectivity index is 2.36. The lowest BCUT2D eigenvalue weighted by atomic mass is 9.91. The van der Waals surface area contributed by atoms with Crippen LogP contribution in [0, 0.1) is 0 Å². The number of hydrogen-bond acceptors (Lipinski definition) is 3. The minimum absolute atomic E-state index is 0.0509. The van der Waals surface area contributed by atoms with E-state index < -0.39 is 21.8 Å². The fourth-order valence-electron chi connectivity index (χ4n) is 3.64. The Hall–Kier alpha value is -3.38. The summed E-state index contributed by atoms with van der Waals surface area (Å²) >= 11 is 0. The van der Waals surface area contributed by atoms with E-state index in [2.05, 4.69) is 13.2 Å². The van der Waals surface area contributed by atoms with Crippen molar-refractivity contribution in [3.8, 4) is 0 Å². The van der Waals surface area contributed by atoms with Crippen molar-refractivity contribution in [2.24, 2.45) is 0 Å². The summed E-state index contributed by atoms with van der Waals surface area (Å²) in [5.74, 6) is -0.628. The van der Waals surface area contributed by atoms with Crippen LogP contribution < -0.4 is 0 Å². The fourth-order valence-corrected chi connectivity index (χ4v) is 5.43. The third kappa shape index (κ3) is 4.00. The summed E-state index contributed by atoms with van der Waals surface area (Å²) in [7, 11) is -3.98. The van der Waals surface area contributed by atoms with Crippen molar-refractivity contribution in [3.63, 3.8) is 0 Å². The van der Waals surface area contributed by atoms with Crippen molar-refractivity contribution in [1.82, 2.24) is 4.90 Å². The number of hydrogen-bond donors (Lipinski definition) is 1. The molecule has 0 saturated heterocycles. The molecule has 154 valence electrons. The Morgan fingerprint density at radius 1 is 0.967 bits per heavy atom. The molecule has 0 saturated carbocycles. The van der Waals surface area contributed by atoms with Crippen LogP contribution in [0.3, 0.4) is 0 Å². The molecule has 0 bridgehead atoms. The lowest BCUT2D eigenvalue weighted by molar-refractivity contribution is 0.166. The highest BCUT2D eigenvalue weighted by Gasteiger charge is 2.39. The van der Waals surface area contributed by atoms with Crippen molar-refractivity contribution in [1.29, 1.82) is 0 Å². The van der Waals surface area contributed by atoms with Crippen LogP contribution in [0.25, 0.3) is 0 Å². The van der Waals surface area contributed by atoms with Gasteiger partial charge in [0.05, 0.1) is 9.80 Å². The van der Waals surface area contributed by atoms with Crippen molar-refractivity contribution in [3.05, 3.63) is 114 Å². The van der Waals surface area contributed by atoms with Gasteiger partial charge in [0.2, 0.25) is 9.84 Å². The number of carboxylic acid groups (broad SMARTS) is 1. The molecule has 1 aliphatic rings. The molecule has 1 heterocycles. The molecule has 5 nitrogen and oxygen atoms in total. The molecule has 1 amide bonds. The first-order chi connectivity index (χ1) is 14.4. The summed E-state index contributed by atoms with van der Waals surface area (Å²) in [6.45, 7) is 7.44. The van der Waals surface area contributed by atoms with E-state index in [1.165, 1.54) is 18.2 Å². The summed E-state index contributed by atoms with van der Waals surface area (Å²) in [5.41, 5.74) is 1.42. The molecule has 1 aliphatic heterocycles. The Morgan fingerprint density at radius 3 is 2.07 bits per heavy atom. The second-order valence-corrected chi connectivity index (χ2v) is 8.70. The number of allylic oxidation sites excluding steroid dienone is 4. The second kappa shape index (κ2) is 8.97. The normalized spacial score (nSPS) is 16.7. The van der Waals surface area contributed by atoms with Gasteiger partial charge in [-0.2, -0.15) is 0 Å². The van der Waals surface area contributed by atoms with E-state index in [1.807, 2.05) is 30.3 Å². The molecular formula is C24H23NO4S. The van der Waals surface area contributed by atoms with Gasteiger partial charge in [-0.05, 0) is 17.7 Å². The van der Waals surface area contributed by atoms with Crippen LogP contribution >= 0.6 is 0 Å². The zero-order chi connectivity index (χ0) is 21.7. The minimum atomic E-state index is -3.98. The first-order valence-electron chi connectivity index (χ1n) is 9.45. The molecule has 2 aromatic rings. The maximum absolute atomic E-state index is 13.7. The zero-order valence-electron chi connectivity index (χ0n) is 16.4. The van der Waals surface area contributed by atoms with Crippen LogP contribution in [-0.2, 0) is 9.84 Å². The van der Waals surface area contributed by atoms with Gasteiger partial charge >= 0.3 is 6.09 Å². The molecular weight excluding hydrogens is 398 g/mol. The number of amides is 1. The lowest BCUT2D eigenvalue weighted by Crippen LogP contribution is -2.34. The predicted octanol–water partition coefficient (Wildman–Crippen LogP) is 5.49. The smallest absolute Gasteiger partial charge is 0.415 e. The van der Waals surface area contributed by atoms with Gasteiger partial charge in [0, 0.05) is 30.2 Å². The highest BCUT2D eigenvalue weighted by molar-refractivity contribution is 7.95. The second-order valence-electron chi connectivity index (χ2n) is 6.78. The third-order valence-electron chi connectivity index (χ3n) is 4.87. The molecule has 0 radical (unpaired) electrons. The van der Waals surface area contributed by atoms with Gasteiger partial charge in [-0.25, -0.2) is 13.2 Å². The first kappa shape index (κ1) is 21.3. The standard InChI is InChI=1S/C24H23NO4S/c1-3-11-19-17-21(18-13-7-5-8-14-18)23(22(12-4-2)25(19)24(26)27)30(28,29)20-15-9-6-10-16-20/h3-10,13-17,21H,1-2,11-12H2,(H,26,27). The first-order valence-corrected chi connectivity index (χ1v) is 10.9. The van der Waals surface area contributed by atoms with Crippen LogP contribution in [0.1, 0.15) is 24.3 Å². The largest absolute Gasteiger partial charge is 0.464 e. The summed E-state index contributed by atoms with van der Waals surface area (Å²) < 4.78 is 27.5. The van der Waals surface area contributed by atoms with Gasteiger partial charge in [0.15, 0.2) is 0 Å². The Bertz CT molecular complexity index is 1120. The lowest BCUT2D eigenvalue weighted by Gasteiger charge is -2.34. The Labute approximate surface area is 176 Å². The molecule has 0 aliphatic carbocycles. The van der Waals surface area contributed by atoms with Crippen LogP contribution in [-0.4, -0.2) is 24.5 Å². The number of sulfone groups is 1. The van der Waals surface area contributed by atoms with Gasteiger partial charge in [-0.15, -0.1) is 13.2 Å². The molecule has 0 aromatic heterocycles. The third-order valence-corrected chi connectivity index (χ3v) is 6.83. The maximum Gasteiger partial charge on any atom is 0.415 e. The van der Waals surface area contributed by atoms with Gasteiger partial charge < -0.3 is 5.11 Å². The molecule has 0 fully saturated rings. The van der Waals surface area contributed by atoms with Gasteiger partial charge in [-0.3, -0.25) is 4.90 Å². The van der Waals surface area contributed by atoms with Gasteiger partial charge in [0.1, 0.15) is 0 Å². The Kier molecular flexibility index (Phi) is 6.37. The number of nitrogens with zero attached hydrogens (tertiary/aromatic N) is 1. The zero-order valence-corrected chi connectivity index (χ0v) is 17.3. The summed E-state index contributed by atoms with van der Waals surface area (Å²) in [6.07, 6.45) is 3.96. The molecule has 3 rings (SSSR count). The highest BCUT2D eigenvalue weighted by Crippen LogP contribution is 2.43. The SMILES string of the molecule is C=CCC1=CC(c2ccccc2)C(S(=O)(=O)c2ccccc2)=C(CC=C)N1C(=O)O. The predicted molar refractivity (Wildman–Crippen MR) is 117 cm³/mol. The van der Waals surface area contributed by atoms with E-state index in [4.69, 9.17) is 0 Å². The number of carbonyl (C=O) groups is 1. The van der Waals surface area contributed by atoms with E-state index in [0.717, 1.165) is 10.5 Å². The van der Waals surface area contributed by atoms with Crippen molar-refractivity contribution >= 4 is 15.9 Å². The minimum Gasteiger partial charge on any atom is -0.464 e. The van der Waals surface area contributed by atoms with Crippen LogP contribution in [0.4, 0.5) is 4.79 Å². The molecule has 1 N–H and O–H groups in total. The summed E-state index contributed by atoms with van der Waals surface area (Å²) in [4.78, 5) is 13.4. The van der Waals surface area contributed by atoms with Crippen molar-refractivity contribution in [2.45, 2.75) is 23.7 Å². The van der Waals surface area contributed by atoms with Crippen molar-refractivity contribution in [2.75, 3.05) is 0 Å². The van der Waals surface area contributed by atoms with E-state index >= 15 is 0 Å². The van der Waals surface area contributed by atoms with Crippen LogP contribution in [0.5, 0.6) is 0 Å². The molecule has 2 aromatic carbocycles. The Morgan fingerprint density at radius 2 is 1.53 bits per heavy atom. The molecule has 30 heavy (non-hydrogen) atoms. The van der Waals surface area contributed by atoms with E-state index in [0.29, 0.717) is 5.70 Å². The average molecular weight is 422 g/mol. The average Bonchev–Trinajstić information content (AvgIpc) is 2.74. The topological polar surface area (TPSA) is 74.7 Å². The van der Waals surface area contributed by atoms with Gasteiger partial charge in [-0.1, -0.05) is 66.8 Å². The van der Waals surface area contributed by atoms with E-state index in [-0.39, 0.29) is 28.3 Å². The fraction of sp³-hybridized carbons (Fsp3) is 0.125. The number of rotatable bonds is 7. The highest BCUT2D eigenvalue weighted by atomic mass is 32.2. The summed E-state index contributed by atoms with van der Waals surface area (Å²) in [5, 5.41) is 9.93. The molecule has 6 heteroatoms. The summed E-state index contributed by atoms with van der Waals surface area (Å²) in [6, 6.07) is 17.3. The van der Waals surface area contributed by atoms with Crippen LogP contribution in [0.15, 0.2) is 113 Å². The van der Waals surface area contributed by atoms with Gasteiger partial charge in [0.25, 0.3) is 0 Å².